The van der Waals surface area contributed by atoms with Gasteiger partial charge < -0.3 is 10.1 Å². The van der Waals surface area contributed by atoms with Crippen LogP contribution in [-0.4, -0.2) is 24.7 Å². The van der Waals surface area contributed by atoms with Crippen molar-refractivity contribution in [2.45, 2.75) is 44.5 Å². The molecule has 1 amide bonds. The quantitative estimate of drug-likeness (QED) is 0.904. The molecule has 1 saturated carbocycles. The van der Waals surface area contributed by atoms with E-state index >= 15 is 0 Å². The SMILES string of the molecule is O=C(Cc1ccc(OC(F)F)cc1)N[C@H]1CCC[C@H]1F. The van der Waals surface area contributed by atoms with E-state index in [9.17, 15) is 18.0 Å². The zero-order chi connectivity index (χ0) is 14.5. The van der Waals surface area contributed by atoms with E-state index in [1.165, 1.54) is 12.1 Å². The van der Waals surface area contributed by atoms with E-state index in [0.29, 0.717) is 18.4 Å². The number of nitrogens with one attached hydrogen (secondary N) is 1. The molecule has 1 aromatic rings. The Labute approximate surface area is 115 Å². The van der Waals surface area contributed by atoms with Crippen molar-refractivity contribution in [1.29, 1.82) is 0 Å². The average molecular weight is 287 g/mol. The van der Waals surface area contributed by atoms with Gasteiger partial charge in [-0.3, -0.25) is 4.79 Å². The molecular weight excluding hydrogens is 271 g/mol. The summed E-state index contributed by atoms with van der Waals surface area (Å²) in [5.74, 6) is -0.217. The van der Waals surface area contributed by atoms with E-state index in [4.69, 9.17) is 0 Å². The number of carbonyl (C=O) groups is 1. The molecule has 2 rings (SSSR count). The molecule has 0 bridgehead atoms. The van der Waals surface area contributed by atoms with Crippen LogP contribution in [0.2, 0.25) is 0 Å². The molecular formula is C14H16F3NO2. The van der Waals surface area contributed by atoms with Crippen LogP contribution in [-0.2, 0) is 11.2 Å². The molecule has 0 spiro atoms. The first-order chi connectivity index (χ1) is 9.54. The molecule has 3 nitrogen and oxygen atoms in total. The van der Waals surface area contributed by atoms with Gasteiger partial charge in [-0.1, -0.05) is 12.1 Å². The third kappa shape index (κ3) is 4.15. The molecule has 20 heavy (non-hydrogen) atoms. The number of hydrogen-bond acceptors (Lipinski definition) is 2. The Hall–Kier alpha value is -1.72. The molecule has 1 aliphatic rings. The number of rotatable bonds is 5. The van der Waals surface area contributed by atoms with Gasteiger partial charge in [0, 0.05) is 0 Å². The summed E-state index contributed by atoms with van der Waals surface area (Å²) in [7, 11) is 0. The second kappa shape index (κ2) is 6.63. The number of hydrogen-bond donors (Lipinski definition) is 1. The fraction of sp³-hybridized carbons (Fsp3) is 0.500. The van der Waals surface area contributed by atoms with Crippen molar-refractivity contribution in [1.82, 2.24) is 5.32 Å². The first kappa shape index (κ1) is 14.7. The maximum Gasteiger partial charge on any atom is 0.387 e. The molecule has 6 heteroatoms. The van der Waals surface area contributed by atoms with E-state index in [2.05, 4.69) is 10.1 Å². The van der Waals surface area contributed by atoms with Gasteiger partial charge in [0.25, 0.3) is 0 Å². The van der Waals surface area contributed by atoms with Gasteiger partial charge in [0.15, 0.2) is 0 Å². The molecule has 0 unspecified atom stereocenters. The van der Waals surface area contributed by atoms with Crippen LogP contribution < -0.4 is 10.1 Å². The average Bonchev–Trinajstić information content (AvgIpc) is 2.77. The smallest absolute Gasteiger partial charge is 0.387 e. The van der Waals surface area contributed by atoms with Gasteiger partial charge in [-0.05, 0) is 37.0 Å². The van der Waals surface area contributed by atoms with Crippen LogP contribution in [0.25, 0.3) is 0 Å². The minimum absolute atomic E-state index is 0.0452. The van der Waals surface area contributed by atoms with Gasteiger partial charge in [0.1, 0.15) is 11.9 Å². The van der Waals surface area contributed by atoms with Crippen LogP contribution in [0, 0.1) is 0 Å². The van der Waals surface area contributed by atoms with Gasteiger partial charge in [-0.2, -0.15) is 8.78 Å². The Morgan fingerprint density at radius 3 is 2.55 bits per heavy atom. The Kier molecular flexibility index (Phi) is 4.87. The number of ether oxygens (including phenoxy) is 1. The number of carbonyl (C=O) groups excluding carboxylic acids is 1. The standard InChI is InChI=1S/C14H16F3NO2/c15-11-2-1-3-12(11)18-13(19)8-9-4-6-10(7-5-9)20-14(16)17/h4-7,11-12,14H,1-3,8H2,(H,18,19)/t11-,12+/m1/s1. The fourth-order valence-corrected chi connectivity index (χ4v) is 2.31. The zero-order valence-corrected chi connectivity index (χ0v) is 10.8. The predicted octanol–water partition coefficient (Wildman–Crippen LogP) is 2.84. The summed E-state index contributed by atoms with van der Waals surface area (Å²) in [5, 5.41) is 2.66. The van der Waals surface area contributed by atoms with Crippen molar-refractivity contribution >= 4 is 5.91 Å². The summed E-state index contributed by atoms with van der Waals surface area (Å²) in [6.45, 7) is -2.87. The fourth-order valence-electron chi connectivity index (χ4n) is 2.31. The van der Waals surface area contributed by atoms with Crippen LogP contribution in [0.15, 0.2) is 24.3 Å². The highest BCUT2D eigenvalue weighted by molar-refractivity contribution is 5.79. The van der Waals surface area contributed by atoms with Gasteiger partial charge in [0.2, 0.25) is 5.91 Å². The van der Waals surface area contributed by atoms with Crippen molar-refractivity contribution in [3.05, 3.63) is 29.8 Å². The Balaban J connectivity index is 1.84. The van der Waals surface area contributed by atoms with Crippen molar-refractivity contribution < 1.29 is 22.7 Å². The monoisotopic (exact) mass is 287 g/mol. The summed E-state index contributed by atoms with van der Waals surface area (Å²) in [5.41, 5.74) is 0.664. The van der Waals surface area contributed by atoms with Crippen LogP contribution in [0.4, 0.5) is 13.2 Å². The van der Waals surface area contributed by atoms with E-state index < -0.39 is 18.8 Å². The summed E-state index contributed by atoms with van der Waals surface area (Å²) in [6, 6.07) is 5.44. The van der Waals surface area contributed by atoms with E-state index in [0.717, 1.165) is 6.42 Å². The third-order valence-electron chi connectivity index (χ3n) is 3.29. The number of alkyl halides is 3. The molecule has 1 N–H and O–H groups in total. The van der Waals surface area contributed by atoms with Crippen LogP contribution in [0.3, 0.4) is 0 Å². The molecule has 0 aromatic heterocycles. The maximum atomic E-state index is 13.4. The lowest BCUT2D eigenvalue weighted by Gasteiger charge is -2.14. The van der Waals surface area contributed by atoms with Gasteiger partial charge >= 0.3 is 6.61 Å². The molecule has 1 aromatic carbocycles. The maximum absolute atomic E-state index is 13.4. The second-order valence-electron chi connectivity index (χ2n) is 4.82. The lowest BCUT2D eigenvalue weighted by Crippen LogP contribution is -2.39. The Morgan fingerprint density at radius 1 is 1.30 bits per heavy atom. The lowest BCUT2D eigenvalue weighted by molar-refractivity contribution is -0.121. The first-order valence-corrected chi connectivity index (χ1v) is 6.52. The predicted molar refractivity (Wildman–Crippen MR) is 67.5 cm³/mol. The van der Waals surface area contributed by atoms with Crippen molar-refractivity contribution in [2.24, 2.45) is 0 Å². The van der Waals surface area contributed by atoms with Gasteiger partial charge in [-0.15, -0.1) is 0 Å². The Bertz CT molecular complexity index is 450. The highest BCUT2D eigenvalue weighted by Gasteiger charge is 2.27. The minimum atomic E-state index is -2.87. The third-order valence-corrected chi connectivity index (χ3v) is 3.29. The van der Waals surface area contributed by atoms with Crippen LogP contribution in [0.1, 0.15) is 24.8 Å². The molecule has 1 aliphatic carbocycles. The molecule has 0 radical (unpaired) electrons. The highest BCUT2D eigenvalue weighted by Crippen LogP contribution is 2.22. The molecule has 0 aliphatic heterocycles. The second-order valence-corrected chi connectivity index (χ2v) is 4.82. The first-order valence-electron chi connectivity index (χ1n) is 6.52. The summed E-state index contributed by atoms with van der Waals surface area (Å²) < 4.78 is 41.5. The molecule has 110 valence electrons. The zero-order valence-electron chi connectivity index (χ0n) is 10.8. The largest absolute Gasteiger partial charge is 0.435 e. The van der Waals surface area contributed by atoms with Crippen LogP contribution >= 0.6 is 0 Å². The summed E-state index contributed by atoms with van der Waals surface area (Å²) in [4.78, 5) is 11.7. The topological polar surface area (TPSA) is 38.3 Å². The van der Waals surface area contributed by atoms with Gasteiger partial charge in [0.05, 0.1) is 12.5 Å². The van der Waals surface area contributed by atoms with Crippen molar-refractivity contribution in [2.75, 3.05) is 0 Å². The van der Waals surface area contributed by atoms with Crippen molar-refractivity contribution in [3.63, 3.8) is 0 Å². The van der Waals surface area contributed by atoms with Crippen molar-refractivity contribution in [3.8, 4) is 5.75 Å². The molecule has 2 atom stereocenters. The van der Waals surface area contributed by atoms with E-state index in [1.807, 2.05) is 0 Å². The summed E-state index contributed by atoms with van der Waals surface area (Å²) >= 11 is 0. The number of benzene rings is 1. The van der Waals surface area contributed by atoms with Gasteiger partial charge in [-0.25, -0.2) is 4.39 Å². The van der Waals surface area contributed by atoms with Crippen LogP contribution in [0.5, 0.6) is 5.75 Å². The highest BCUT2D eigenvalue weighted by atomic mass is 19.3. The van der Waals surface area contributed by atoms with E-state index in [1.54, 1.807) is 12.1 Å². The molecule has 0 heterocycles. The Morgan fingerprint density at radius 2 is 2.00 bits per heavy atom. The normalized spacial score (nSPS) is 22.0. The van der Waals surface area contributed by atoms with E-state index in [-0.39, 0.29) is 18.1 Å². The lowest BCUT2D eigenvalue weighted by atomic mass is 10.1. The summed E-state index contributed by atoms with van der Waals surface area (Å²) in [6.07, 6.45) is 1.06. The molecule has 1 fully saturated rings. The molecule has 0 saturated heterocycles. The number of halogens is 3. The number of amides is 1. The minimum Gasteiger partial charge on any atom is -0.435 e.